The van der Waals surface area contributed by atoms with E-state index in [1.165, 1.54) is 30.4 Å². The minimum atomic E-state index is 0.585. The molecule has 0 radical (unpaired) electrons. The van der Waals surface area contributed by atoms with Gasteiger partial charge in [0.2, 0.25) is 0 Å². The largest absolute Gasteiger partial charge is 0.316 e. The molecule has 1 unspecified atom stereocenters. The number of hydrogen-bond acceptors (Lipinski definition) is 2. The van der Waals surface area contributed by atoms with Crippen LogP contribution in [-0.2, 0) is 6.54 Å². The molecule has 118 valence electrons. The second-order valence-electron chi connectivity index (χ2n) is 7.19. The van der Waals surface area contributed by atoms with Crippen LogP contribution in [0.15, 0.2) is 24.3 Å². The average Bonchev–Trinajstić information content (AvgIpc) is 2.36. The number of nitrogens with zero attached hydrogens (tertiary/aromatic N) is 1. The Bertz CT molecular complexity index is 406. The first-order valence-corrected chi connectivity index (χ1v) is 8.56. The van der Waals surface area contributed by atoms with E-state index in [0.717, 1.165) is 31.6 Å². The number of benzene rings is 1. The van der Waals surface area contributed by atoms with Gasteiger partial charge < -0.3 is 5.32 Å². The van der Waals surface area contributed by atoms with Crippen molar-refractivity contribution < 1.29 is 0 Å². The molecule has 0 aromatic heterocycles. The van der Waals surface area contributed by atoms with E-state index < -0.39 is 0 Å². The van der Waals surface area contributed by atoms with Crippen LogP contribution in [0.5, 0.6) is 0 Å². The summed E-state index contributed by atoms with van der Waals surface area (Å²) in [5.74, 6) is 1.31. The van der Waals surface area contributed by atoms with Gasteiger partial charge >= 0.3 is 0 Å². The predicted octanol–water partition coefficient (Wildman–Crippen LogP) is 4.02. The molecule has 0 bridgehead atoms. The highest BCUT2D eigenvalue weighted by Gasteiger charge is 2.21. The van der Waals surface area contributed by atoms with Crippen molar-refractivity contribution in [2.75, 3.05) is 20.1 Å². The molecule has 0 saturated heterocycles. The molecule has 0 amide bonds. The highest BCUT2D eigenvalue weighted by molar-refractivity contribution is 5.25. The molecular weight excluding hydrogens is 256 g/mol. The average molecular weight is 288 g/mol. The van der Waals surface area contributed by atoms with E-state index in [1.54, 1.807) is 0 Å². The highest BCUT2D eigenvalue weighted by Crippen LogP contribution is 2.25. The first-order valence-electron chi connectivity index (χ1n) is 8.56. The van der Waals surface area contributed by atoms with E-state index in [9.17, 15) is 0 Å². The molecule has 2 nitrogen and oxygen atoms in total. The van der Waals surface area contributed by atoms with Gasteiger partial charge in [0.1, 0.15) is 0 Å². The van der Waals surface area contributed by atoms with Crippen molar-refractivity contribution in [3.05, 3.63) is 35.4 Å². The van der Waals surface area contributed by atoms with Crippen LogP contribution in [0, 0.1) is 5.92 Å². The molecule has 2 heteroatoms. The molecule has 1 atom stereocenters. The summed E-state index contributed by atoms with van der Waals surface area (Å²) in [6, 6.07) is 10.1. The van der Waals surface area contributed by atoms with Gasteiger partial charge in [-0.3, -0.25) is 4.90 Å². The van der Waals surface area contributed by atoms with E-state index in [-0.39, 0.29) is 0 Å². The first kappa shape index (κ1) is 16.5. The van der Waals surface area contributed by atoms with Gasteiger partial charge in [-0.15, -0.1) is 0 Å². The molecule has 1 fully saturated rings. The van der Waals surface area contributed by atoms with Crippen LogP contribution in [0.1, 0.15) is 57.1 Å². The van der Waals surface area contributed by atoms with Gasteiger partial charge in [-0.25, -0.2) is 0 Å². The summed E-state index contributed by atoms with van der Waals surface area (Å²) in [6.07, 6.45) is 4.18. The number of hydrogen-bond donors (Lipinski definition) is 1. The monoisotopic (exact) mass is 288 g/mol. The lowest BCUT2D eigenvalue weighted by Gasteiger charge is -2.34. The molecule has 2 rings (SSSR count). The van der Waals surface area contributed by atoms with E-state index in [1.807, 2.05) is 0 Å². The Kier molecular flexibility index (Phi) is 6.25. The quantitative estimate of drug-likeness (QED) is 0.777. The molecular formula is C19H32N2. The molecule has 1 aromatic carbocycles. The van der Waals surface area contributed by atoms with Crippen molar-refractivity contribution in [2.45, 2.75) is 58.5 Å². The van der Waals surface area contributed by atoms with E-state index >= 15 is 0 Å². The Morgan fingerprint density at radius 1 is 1.10 bits per heavy atom. The van der Waals surface area contributed by atoms with E-state index in [0.29, 0.717) is 5.92 Å². The molecule has 1 aliphatic rings. The molecule has 1 aliphatic carbocycles. The molecule has 0 aliphatic heterocycles. The van der Waals surface area contributed by atoms with Crippen LogP contribution in [0.4, 0.5) is 0 Å². The summed E-state index contributed by atoms with van der Waals surface area (Å²) in [5.41, 5.74) is 2.89. The normalized spacial score (nSPS) is 17.2. The van der Waals surface area contributed by atoms with Gasteiger partial charge in [0.05, 0.1) is 0 Å². The lowest BCUT2D eigenvalue weighted by atomic mass is 9.91. The first-order chi connectivity index (χ1) is 10.1. The molecule has 0 spiro atoms. The van der Waals surface area contributed by atoms with Gasteiger partial charge in [0, 0.05) is 19.1 Å². The maximum atomic E-state index is 3.55. The molecule has 1 N–H and O–H groups in total. The van der Waals surface area contributed by atoms with Crippen molar-refractivity contribution in [2.24, 2.45) is 5.92 Å². The maximum Gasteiger partial charge on any atom is 0.0233 e. The van der Waals surface area contributed by atoms with Crippen LogP contribution >= 0.6 is 0 Å². The van der Waals surface area contributed by atoms with Gasteiger partial charge in [-0.1, -0.05) is 51.5 Å². The van der Waals surface area contributed by atoms with Crippen LogP contribution < -0.4 is 5.32 Å². The Morgan fingerprint density at radius 3 is 2.29 bits per heavy atom. The fourth-order valence-electron chi connectivity index (χ4n) is 2.90. The minimum absolute atomic E-state index is 0.585. The van der Waals surface area contributed by atoms with Gasteiger partial charge in [-0.2, -0.15) is 0 Å². The second-order valence-corrected chi connectivity index (χ2v) is 7.19. The number of rotatable bonds is 8. The third kappa shape index (κ3) is 5.12. The van der Waals surface area contributed by atoms with Gasteiger partial charge in [0.25, 0.3) is 0 Å². The van der Waals surface area contributed by atoms with Crippen molar-refractivity contribution in [1.29, 1.82) is 0 Å². The maximum absolute atomic E-state index is 3.55. The van der Waals surface area contributed by atoms with Crippen LogP contribution in [0.25, 0.3) is 0 Å². The smallest absolute Gasteiger partial charge is 0.0233 e. The molecule has 1 aromatic rings. The Balaban J connectivity index is 1.80. The third-order valence-corrected chi connectivity index (χ3v) is 4.68. The van der Waals surface area contributed by atoms with Crippen LogP contribution in [0.2, 0.25) is 0 Å². The fraction of sp³-hybridized carbons (Fsp3) is 0.684. The fourth-order valence-corrected chi connectivity index (χ4v) is 2.90. The zero-order valence-electron chi connectivity index (χ0n) is 14.2. The standard InChI is InChI=1S/C19H32N2/c1-15(2)12-20-13-16(3)18-10-8-17(9-11-18)14-21(4)19-6-5-7-19/h8-11,15-16,19-20H,5-7,12-14H2,1-4H3. The Hall–Kier alpha value is -0.860. The van der Waals surface area contributed by atoms with Crippen molar-refractivity contribution in [1.82, 2.24) is 10.2 Å². The summed E-state index contributed by atoms with van der Waals surface area (Å²) < 4.78 is 0. The highest BCUT2D eigenvalue weighted by atomic mass is 15.1. The van der Waals surface area contributed by atoms with E-state index in [2.05, 4.69) is 62.3 Å². The zero-order valence-corrected chi connectivity index (χ0v) is 14.2. The molecule has 21 heavy (non-hydrogen) atoms. The predicted molar refractivity (Wildman–Crippen MR) is 91.7 cm³/mol. The van der Waals surface area contributed by atoms with Crippen LogP contribution in [-0.4, -0.2) is 31.1 Å². The summed E-state index contributed by atoms with van der Waals surface area (Å²) in [5, 5.41) is 3.55. The van der Waals surface area contributed by atoms with Crippen molar-refractivity contribution >= 4 is 0 Å². The lowest BCUT2D eigenvalue weighted by Crippen LogP contribution is -2.36. The summed E-state index contributed by atoms with van der Waals surface area (Å²) >= 11 is 0. The van der Waals surface area contributed by atoms with Crippen molar-refractivity contribution in [3.63, 3.8) is 0 Å². The van der Waals surface area contributed by atoms with Crippen LogP contribution in [0.3, 0.4) is 0 Å². The van der Waals surface area contributed by atoms with Crippen molar-refractivity contribution in [3.8, 4) is 0 Å². The Labute approximate surface area is 130 Å². The minimum Gasteiger partial charge on any atom is -0.316 e. The molecule has 0 heterocycles. The Morgan fingerprint density at radius 2 is 1.76 bits per heavy atom. The SMILES string of the molecule is CC(C)CNCC(C)c1ccc(CN(C)C2CCC2)cc1. The summed E-state index contributed by atoms with van der Waals surface area (Å²) in [6.45, 7) is 10.1. The topological polar surface area (TPSA) is 15.3 Å². The van der Waals surface area contributed by atoms with E-state index in [4.69, 9.17) is 0 Å². The van der Waals surface area contributed by atoms with Gasteiger partial charge in [0.15, 0.2) is 0 Å². The third-order valence-electron chi connectivity index (χ3n) is 4.68. The molecule has 1 saturated carbocycles. The zero-order chi connectivity index (χ0) is 15.2. The summed E-state index contributed by atoms with van der Waals surface area (Å²) in [7, 11) is 2.26. The second kappa shape index (κ2) is 7.95. The van der Waals surface area contributed by atoms with Gasteiger partial charge in [-0.05, 0) is 49.4 Å². The summed E-state index contributed by atoms with van der Waals surface area (Å²) in [4.78, 5) is 2.51. The lowest BCUT2D eigenvalue weighted by molar-refractivity contribution is 0.152. The number of nitrogens with one attached hydrogen (secondary N) is 1.